The summed E-state index contributed by atoms with van der Waals surface area (Å²) in [7, 11) is 0. The number of rotatable bonds is 8. The molecule has 5 heteroatoms. The van der Waals surface area contributed by atoms with Gasteiger partial charge in [0, 0.05) is 6.54 Å². The normalized spacial score (nSPS) is 21.8. The van der Waals surface area contributed by atoms with Gasteiger partial charge < -0.3 is 15.0 Å². The first-order valence-corrected chi connectivity index (χ1v) is 7.34. The summed E-state index contributed by atoms with van der Waals surface area (Å²) in [6, 6.07) is -0.434. The fourth-order valence-corrected chi connectivity index (χ4v) is 2.44. The van der Waals surface area contributed by atoms with Crippen molar-refractivity contribution in [1.82, 2.24) is 10.2 Å². The minimum atomic E-state index is -0.745. The molecule has 2 amide bonds. The Labute approximate surface area is 121 Å². The lowest BCUT2D eigenvalue weighted by Crippen LogP contribution is -2.69. The Hall–Kier alpha value is -1.36. The zero-order chi connectivity index (χ0) is 15.2. The van der Waals surface area contributed by atoms with Crippen molar-refractivity contribution in [3.8, 4) is 0 Å². The molecule has 0 aromatic heterocycles. The maximum absolute atomic E-state index is 12.6. The molecule has 0 radical (unpaired) electrons. The molecule has 0 bridgehead atoms. The zero-order valence-electron chi connectivity index (χ0n) is 12.8. The second-order valence-electron chi connectivity index (χ2n) is 5.14. The number of hydrogen-bond acceptors (Lipinski definition) is 3. The first-order chi connectivity index (χ1) is 9.52. The van der Waals surface area contributed by atoms with Crippen LogP contribution in [0.1, 0.15) is 40.0 Å². The van der Waals surface area contributed by atoms with E-state index in [9.17, 15) is 9.59 Å². The van der Waals surface area contributed by atoms with Crippen LogP contribution >= 0.6 is 0 Å². The molecule has 1 N–H and O–H groups in total. The number of ether oxygens (including phenoxy) is 1. The standard InChI is InChI=1S/C15H26N2O3/c1-5-8-10-20-11-9-17-12(4)13(18)16-15(6-2,7-3)14(17)19/h5,12H,1,6-11H2,2-4H3,(H,16,18). The summed E-state index contributed by atoms with van der Waals surface area (Å²) < 4.78 is 5.45. The maximum atomic E-state index is 12.6. The average Bonchev–Trinajstić information content (AvgIpc) is 2.46. The third kappa shape index (κ3) is 3.39. The topological polar surface area (TPSA) is 58.6 Å². The molecule has 1 saturated heterocycles. The molecule has 1 atom stereocenters. The molecule has 0 aromatic rings. The molecule has 0 aliphatic carbocycles. The molecule has 20 heavy (non-hydrogen) atoms. The first kappa shape index (κ1) is 16.7. The van der Waals surface area contributed by atoms with Crippen LogP contribution in [0.25, 0.3) is 0 Å². The highest BCUT2D eigenvalue weighted by molar-refractivity contribution is 5.99. The summed E-state index contributed by atoms with van der Waals surface area (Å²) in [4.78, 5) is 26.3. The fraction of sp³-hybridized carbons (Fsp3) is 0.733. The van der Waals surface area contributed by atoms with Crippen molar-refractivity contribution in [3.63, 3.8) is 0 Å². The third-order valence-corrected chi connectivity index (χ3v) is 4.03. The number of amides is 2. The monoisotopic (exact) mass is 282 g/mol. The van der Waals surface area contributed by atoms with Crippen molar-refractivity contribution in [2.45, 2.75) is 51.6 Å². The molecule has 1 aliphatic rings. The van der Waals surface area contributed by atoms with Crippen molar-refractivity contribution < 1.29 is 14.3 Å². The van der Waals surface area contributed by atoms with Crippen LogP contribution in [0.5, 0.6) is 0 Å². The summed E-state index contributed by atoms with van der Waals surface area (Å²) in [5, 5.41) is 2.89. The minimum Gasteiger partial charge on any atom is -0.379 e. The van der Waals surface area contributed by atoms with Crippen LogP contribution in [0.2, 0.25) is 0 Å². The van der Waals surface area contributed by atoms with Crippen LogP contribution in [-0.4, -0.2) is 48.1 Å². The Balaban J connectivity index is 2.68. The summed E-state index contributed by atoms with van der Waals surface area (Å²) in [5.74, 6) is -0.0821. The molecule has 1 heterocycles. The van der Waals surface area contributed by atoms with Crippen molar-refractivity contribution in [2.75, 3.05) is 19.8 Å². The molecule has 5 nitrogen and oxygen atoms in total. The van der Waals surface area contributed by atoms with Gasteiger partial charge in [-0.15, -0.1) is 6.58 Å². The zero-order valence-corrected chi connectivity index (χ0v) is 12.8. The predicted octanol–water partition coefficient (Wildman–Crippen LogP) is 1.48. The summed E-state index contributed by atoms with van der Waals surface area (Å²) in [6.07, 6.45) is 3.79. The smallest absolute Gasteiger partial charge is 0.249 e. The second kappa shape index (κ2) is 7.43. The van der Waals surface area contributed by atoms with Gasteiger partial charge >= 0.3 is 0 Å². The molecule has 0 aromatic carbocycles. The molecule has 1 fully saturated rings. The number of piperazine rings is 1. The lowest BCUT2D eigenvalue weighted by Gasteiger charge is -2.44. The molecule has 1 aliphatic heterocycles. The Bertz CT molecular complexity index is 364. The first-order valence-electron chi connectivity index (χ1n) is 7.34. The van der Waals surface area contributed by atoms with E-state index in [0.717, 1.165) is 6.42 Å². The second-order valence-corrected chi connectivity index (χ2v) is 5.14. The van der Waals surface area contributed by atoms with E-state index >= 15 is 0 Å². The van der Waals surface area contributed by atoms with Crippen LogP contribution in [0.15, 0.2) is 12.7 Å². The lowest BCUT2D eigenvalue weighted by molar-refractivity contribution is -0.155. The SMILES string of the molecule is C=CCCOCCN1C(=O)C(CC)(CC)NC(=O)C1C. The Kier molecular flexibility index (Phi) is 6.20. The minimum absolute atomic E-state index is 0.00178. The molecule has 0 saturated carbocycles. The van der Waals surface area contributed by atoms with Crippen LogP contribution < -0.4 is 5.32 Å². The Morgan fingerprint density at radius 3 is 2.55 bits per heavy atom. The van der Waals surface area contributed by atoms with E-state index in [-0.39, 0.29) is 11.8 Å². The summed E-state index contributed by atoms with van der Waals surface area (Å²) in [5.41, 5.74) is -0.745. The van der Waals surface area contributed by atoms with E-state index in [4.69, 9.17) is 4.74 Å². The highest BCUT2D eigenvalue weighted by Gasteiger charge is 2.47. The van der Waals surface area contributed by atoms with E-state index in [1.54, 1.807) is 17.9 Å². The number of hydrogen-bond donors (Lipinski definition) is 1. The van der Waals surface area contributed by atoms with E-state index in [0.29, 0.717) is 32.6 Å². The van der Waals surface area contributed by atoms with Crippen molar-refractivity contribution in [2.24, 2.45) is 0 Å². The van der Waals surface area contributed by atoms with E-state index in [1.165, 1.54) is 0 Å². The van der Waals surface area contributed by atoms with Gasteiger partial charge in [-0.3, -0.25) is 9.59 Å². The van der Waals surface area contributed by atoms with Gasteiger partial charge in [0.1, 0.15) is 11.6 Å². The predicted molar refractivity (Wildman–Crippen MR) is 78.3 cm³/mol. The average molecular weight is 282 g/mol. The molecule has 1 unspecified atom stereocenters. The third-order valence-electron chi connectivity index (χ3n) is 4.03. The van der Waals surface area contributed by atoms with Crippen molar-refractivity contribution >= 4 is 11.8 Å². The fourth-order valence-electron chi connectivity index (χ4n) is 2.44. The van der Waals surface area contributed by atoms with Gasteiger partial charge in [-0.2, -0.15) is 0 Å². The molecular formula is C15H26N2O3. The Morgan fingerprint density at radius 2 is 2.00 bits per heavy atom. The maximum Gasteiger partial charge on any atom is 0.249 e. The summed E-state index contributed by atoms with van der Waals surface area (Å²) in [6.45, 7) is 10.7. The van der Waals surface area contributed by atoms with E-state index in [1.807, 2.05) is 13.8 Å². The van der Waals surface area contributed by atoms with Crippen molar-refractivity contribution in [1.29, 1.82) is 0 Å². The Morgan fingerprint density at radius 1 is 1.35 bits per heavy atom. The van der Waals surface area contributed by atoms with Gasteiger partial charge in [0.05, 0.1) is 13.2 Å². The lowest BCUT2D eigenvalue weighted by atomic mass is 9.87. The highest BCUT2D eigenvalue weighted by atomic mass is 16.5. The number of carbonyl (C=O) groups is 2. The van der Waals surface area contributed by atoms with Crippen LogP contribution in [0.3, 0.4) is 0 Å². The van der Waals surface area contributed by atoms with Gasteiger partial charge in [0.15, 0.2) is 0 Å². The van der Waals surface area contributed by atoms with Gasteiger partial charge in [-0.05, 0) is 26.2 Å². The van der Waals surface area contributed by atoms with Crippen LogP contribution in [0.4, 0.5) is 0 Å². The largest absolute Gasteiger partial charge is 0.379 e. The van der Waals surface area contributed by atoms with Crippen LogP contribution in [0, 0.1) is 0 Å². The van der Waals surface area contributed by atoms with E-state index < -0.39 is 11.6 Å². The molecule has 1 rings (SSSR count). The highest BCUT2D eigenvalue weighted by Crippen LogP contribution is 2.24. The molecular weight excluding hydrogens is 256 g/mol. The summed E-state index contributed by atoms with van der Waals surface area (Å²) >= 11 is 0. The number of carbonyl (C=O) groups excluding carboxylic acids is 2. The number of nitrogens with one attached hydrogen (secondary N) is 1. The van der Waals surface area contributed by atoms with Gasteiger partial charge in [-0.1, -0.05) is 19.9 Å². The van der Waals surface area contributed by atoms with Gasteiger partial charge in [-0.25, -0.2) is 0 Å². The van der Waals surface area contributed by atoms with Gasteiger partial charge in [0.2, 0.25) is 11.8 Å². The number of nitrogens with zero attached hydrogens (tertiary/aromatic N) is 1. The van der Waals surface area contributed by atoms with Crippen molar-refractivity contribution in [3.05, 3.63) is 12.7 Å². The van der Waals surface area contributed by atoms with Crippen LogP contribution in [-0.2, 0) is 14.3 Å². The molecule has 0 spiro atoms. The molecule has 114 valence electrons. The van der Waals surface area contributed by atoms with Gasteiger partial charge in [0.25, 0.3) is 0 Å². The quantitative estimate of drug-likeness (QED) is 0.542. The van der Waals surface area contributed by atoms with E-state index in [2.05, 4.69) is 11.9 Å².